The van der Waals surface area contributed by atoms with Crippen LogP contribution >= 0.6 is 0 Å². The molecule has 2 rings (SSSR count). The Labute approximate surface area is 104 Å². The first-order valence-corrected chi connectivity index (χ1v) is 6.21. The molecule has 4 heteroatoms. The minimum atomic E-state index is -0.316. The first-order valence-electron chi connectivity index (χ1n) is 6.21. The number of furan rings is 1. The highest BCUT2D eigenvalue weighted by molar-refractivity contribution is 6.62. The van der Waals surface area contributed by atoms with Gasteiger partial charge in [-0.1, -0.05) is 6.92 Å². The van der Waals surface area contributed by atoms with Crippen molar-refractivity contribution in [2.75, 3.05) is 0 Å². The van der Waals surface area contributed by atoms with Crippen molar-refractivity contribution in [1.82, 2.24) is 0 Å². The Bertz CT molecular complexity index is 404. The van der Waals surface area contributed by atoms with Gasteiger partial charge in [-0.25, -0.2) is 0 Å². The SMILES string of the molecule is CCc1cc(B2OC(C)(C)C(C)(C)O2)c(C)o1. The molecule has 0 unspecified atom stereocenters. The molecule has 1 aliphatic rings. The molecule has 1 aliphatic heterocycles. The standard InChI is InChI=1S/C13H21BO3/c1-7-10-8-11(9(2)15-10)14-16-12(3,4)13(5,6)17-14/h8H,7H2,1-6H3. The largest absolute Gasteiger partial charge is 0.498 e. The van der Waals surface area contributed by atoms with Crippen LogP contribution in [0.25, 0.3) is 0 Å². The summed E-state index contributed by atoms with van der Waals surface area (Å²) in [5.74, 6) is 1.87. The van der Waals surface area contributed by atoms with E-state index in [4.69, 9.17) is 13.7 Å². The summed E-state index contributed by atoms with van der Waals surface area (Å²) in [5, 5.41) is 0. The van der Waals surface area contributed by atoms with Crippen LogP contribution in [0.15, 0.2) is 10.5 Å². The van der Waals surface area contributed by atoms with Crippen LogP contribution < -0.4 is 5.46 Å². The van der Waals surface area contributed by atoms with Crippen LogP contribution in [0, 0.1) is 6.92 Å². The van der Waals surface area contributed by atoms with Crippen LogP contribution in [-0.4, -0.2) is 18.3 Å². The third-order valence-corrected chi connectivity index (χ3v) is 3.86. The second-order valence-electron chi connectivity index (χ2n) is 5.67. The summed E-state index contributed by atoms with van der Waals surface area (Å²) in [5.41, 5.74) is 0.419. The van der Waals surface area contributed by atoms with Gasteiger partial charge in [0.05, 0.1) is 11.2 Å². The zero-order valence-electron chi connectivity index (χ0n) is 11.6. The number of aryl methyl sites for hydroxylation is 2. The van der Waals surface area contributed by atoms with Crippen molar-refractivity contribution >= 4 is 12.6 Å². The van der Waals surface area contributed by atoms with E-state index in [0.29, 0.717) is 0 Å². The van der Waals surface area contributed by atoms with Crippen LogP contribution in [0.3, 0.4) is 0 Å². The molecule has 2 heterocycles. The fourth-order valence-corrected chi connectivity index (χ4v) is 1.94. The Kier molecular flexibility index (Phi) is 2.91. The van der Waals surface area contributed by atoms with Crippen molar-refractivity contribution < 1.29 is 13.7 Å². The molecule has 1 aromatic rings. The van der Waals surface area contributed by atoms with Crippen LogP contribution in [0.2, 0.25) is 0 Å². The molecule has 0 saturated carbocycles. The van der Waals surface area contributed by atoms with Gasteiger partial charge in [0.25, 0.3) is 0 Å². The van der Waals surface area contributed by atoms with Crippen molar-refractivity contribution in [2.45, 2.75) is 59.2 Å². The minimum Gasteiger partial charge on any atom is -0.467 e. The fraction of sp³-hybridized carbons (Fsp3) is 0.692. The molecule has 0 amide bonds. The smallest absolute Gasteiger partial charge is 0.467 e. The summed E-state index contributed by atoms with van der Waals surface area (Å²) in [6, 6.07) is 2.04. The quantitative estimate of drug-likeness (QED) is 0.739. The van der Waals surface area contributed by atoms with Gasteiger partial charge >= 0.3 is 7.12 Å². The predicted molar refractivity (Wildman–Crippen MR) is 68.5 cm³/mol. The van der Waals surface area contributed by atoms with Crippen LogP contribution in [-0.2, 0) is 15.7 Å². The van der Waals surface area contributed by atoms with E-state index in [9.17, 15) is 0 Å². The van der Waals surface area contributed by atoms with E-state index in [1.165, 1.54) is 0 Å². The Hall–Kier alpha value is -0.735. The molecular weight excluding hydrogens is 215 g/mol. The fourth-order valence-electron chi connectivity index (χ4n) is 1.94. The maximum atomic E-state index is 6.01. The molecule has 94 valence electrons. The van der Waals surface area contributed by atoms with Gasteiger partial charge < -0.3 is 13.7 Å². The second-order valence-corrected chi connectivity index (χ2v) is 5.67. The van der Waals surface area contributed by atoms with Crippen LogP contribution in [0.4, 0.5) is 0 Å². The average Bonchev–Trinajstić information content (AvgIpc) is 2.66. The highest BCUT2D eigenvalue weighted by Gasteiger charge is 2.52. The summed E-state index contributed by atoms with van der Waals surface area (Å²) in [6.07, 6.45) is 0.889. The molecule has 0 N–H and O–H groups in total. The molecule has 0 aliphatic carbocycles. The van der Waals surface area contributed by atoms with E-state index in [1.54, 1.807) is 0 Å². The normalized spacial score (nSPS) is 22.1. The molecule has 0 atom stereocenters. The van der Waals surface area contributed by atoms with Crippen LogP contribution in [0.1, 0.15) is 46.1 Å². The van der Waals surface area contributed by atoms with Gasteiger partial charge in [-0.15, -0.1) is 0 Å². The average molecular weight is 236 g/mol. The minimum absolute atomic E-state index is 0.298. The van der Waals surface area contributed by atoms with Crippen LogP contribution in [0.5, 0.6) is 0 Å². The number of rotatable bonds is 2. The summed E-state index contributed by atoms with van der Waals surface area (Å²) in [7, 11) is -0.316. The molecule has 1 saturated heterocycles. The summed E-state index contributed by atoms with van der Waals surface area (Å²) in [6.45, 7) is 12.3. The van der Waals surface area contributed by atoms with Crippen molar-refractivity contribution in [1.29, 1.82) is 0 Å². The Balaban J connectivity index is 2.28. The van der Waals surface area contributed by atoms with E-state index in [-0.39, 0.29) is 18.3 Å². The maximum absolute atomic E-state index is 6.01. The third kappa shape index (κ3) is 2.04. The molecule has 1 fully saturated rings. The second kappa shape index (κ2) is 3.89. The van der Waals surface area contributed by atoms with E-state index in [1.807, 2.05) is 13.0 Å². The Morgan fingerprint density at radius 1 is 1.12 bits per heavy atom. The molecule has 17 heavy (non-hydrogen) atoms. The van der Waals surface area contributed by atoms with Gasteiger partial charge in [0.2, 0.25) is 0 Å². The lowest BCUT2D eigenvalue weighted by Crippen LogP contribution is -2.41. The van der Waals surface area contributed by atoms with Crippen molar-refractivity contribution in [3.63, 3.8) is 0 Å². The predicted octanol–water partition coefficient (Wildman–Crippen LogP) is 2.45. The Morgan fingerprint density at radius 3 is 2.06 bits per heavy atom. The molecular formula is C13H21BO3. The van der Waals surface area contributed by atoms with E-state index < -0.39 is 0 Å². The van der Waals surface area contributed by atoms with E-state index in [0.717, 1.165) is 23.4 Å². The molecule has 0 bridgehead atoms. The Morgan fingerprint density at radius 2 is 1.65 bits per heavy atom. The summed E-state index contributed by atoms with van der Waals surface area (Å²) >= 11 is 0. The first kappa shape index (κ1) is 12.7. The van der Waals surface area contributed by atoms with Gasteiger partial charge in [0.1, 0.15) is 11.5 Å². The van der Waals surface area contributed by atoms with Gasteiger partial charge in [0, 0.05) is 11.9 Å². The molecule has 0 spiro atoms. The van der Waals surface area contributed by atoms with E-state index in [2.05, 4.69) is 34.6 Å². The maximum Gasteiger partial charge on any atom is 0.498 e. The highest BCUT2D eigenvalue weighted by Crippen LogP contribution is 2.36. The third-order valence-electron chi connectivity index (χ3n) is 3.86. The zero-order chi connectivity index (χ0) is 12.8. The lowest BCUT2D eigenvalue weighted by atomic mass is 9.79. The number of hydrogen-bond acceptors (Lipinski definition) is 3. The van der Waals surface area contributed by atoms with E-state index >= 15 is 0 Å². The lowest BCUT2D eigenvalue weighted by Gasteiger charge is -2.32. The summed E-state index contributed by atoms with van der Waals surface area (Å²) < 4.78 is 17.7. The topological polar surface area (TPSA) is 31.6 Å². The summed E-state index contributed by atoms with van der Waals surface area (Å²) in [4.78, 5) is 0. The van der Waals surface area contributed by atoms with Crippen molar-refractivity contribution in [3.05, 3.63) is 17.6 Å². The van der Waals surface area contributed by atoms with Gasteiger partial charge in [0.15, 0.2) is 0 Å². The van der Waals surface area contributed by atoms with Gasteiger partial charge in [-0.3, -0.25) is 0 Å². The molecule has 0 radical (unpaired) electrons. The van der Waals surface area contributed by atoms with Gasteiger partial charge in [-0.2, -0.15) is 0 Å². The number of hydrogen-bond donors (Lipinski definition) is 0. The zero-order valence-corrected chi connectivity index (χ0v) is 11.6. The van der Waals surface area contributed by atoms with Crippen molar-refractivity contribution in [2.24, 2.45) is 0 Å². The monoisotopic (exact) mass is 236 g/mol. The van der Waals surface area contributed by atoms with Gasteiger partial charge in [-0.05, 0) is 40.7 Å². The molecule has 0 aromatic carbocycles. The highest BCUT2D eigenvalue weighted by atomic mass is 16.7. The van der Waals surface area contributed by atoms with Crippen molar-refractivity contribution in [3.8, 4) is 0 Å². The lowest BCUT2D eigenvalue weighted by molar-refractivity contribution is 0.00578. The molecule has 1 aromatic heterocycles. The first-order chi connectivity index (χ1) is 7.77. The molecule has 3 nitrogen and oxygen atoms in total.